The van der Waals surface area contributed by atoms with E-state index in [0.717, 1.165) is 44.6 Å². The van der Waals surface area contributed by atoms with Crippen LogP contribution in [-0.2, 0) is 27.8 Å². The molecule has 1 fully saturated rings. The van der Waals surface area contributed by atoms with Crippen LogP contribution in [0.25, 0.3) is 10.9 Å². The summed E-state index contributed by atoms with van der Waals surface area (Å²) in [7, 11) is 3.76. The number of hydrogen-bond donors (Lipinski definition) is 2. The average molecular weight is 375 g/mol. The molecule has 2 heterocycles. The van der Waals surface area contributed by atoms with E-state index in [1.807, 2.05) is 19.2 Å². The largest absolute Gasteiger partial charge is 0.483 e. The molecule has 0 spiro atoms. The lowest BCUT2D eigenvalue weighted by Gasteiger charge is -2.32. The zero-order valence-corrected chi connectivity index (χ0v) is 16.1. The number of benzene rings is 1. The van der Waals surface area contributed by atoms with Crippen LogP contribution in [0.4, 0.5) is 0 Å². The van der Waals surface area contributed by atoms with Crippen molar-refractivity contribution in [2.75, 3.05) is 33.4 Å². The Morgan fingerprint density at radius 3 is 2.67 bits per heavy atom. The highest BCUT2D eigenvalue weighted by Gasteiger charge is 2.21. The highest BCUT2D eigenvalue weighted by atomic mass is 16.5. The number of carbonyl (C=O) groups excluding carboxylic acids is 1. The van der Waals surface area contributed by atoms with Gasteiger partial charge in [0.25, 0.3) is 6.47 Å². The number of piperidine rings is 1. The van der Waals surface area contributed by atoms with Crippen molar-refractivity contribution in [3.8, 4) is 0 Å². The van der Waals surface area contributed by atoms with E-state index >= 15 is 0 Å². The van der Waals surface area contributed by atoms with Crippen molar-refractivity contribution in [2.24, 2.45) is 7.05 Å². The SMILES string of the molecule is COCCN1CCC(NC(=O)Cc2cn(C)c3ccccc23)CC1.O=CO. The molecule has 0 bridgehead atoms. The first-order chi connectivity index (χ1) is 13.1. The van der Waals surface area contributed by atoms with Crippen LogP contribution in [0.5, 0.6) is 0 Å². The number of nitrogens with one attached hydrogen (secondary N) is 1. The molecule has 1 aromatic carbocycles. The van der Waals surface area contributed by atoms with E-state index in [4.69, 9.17) is 14.6 Å². The summed E-state index contributed by atoms with van der Waals surface area (Å²) in [6, 6.07) is 8.54. The quantitative estimate of drug-likeness (QED) is 0.750. The monoisotopic (exact) mass is 375 g/mol. The average Bonchev–Trinajstić information content (AvgIpc) is 2.98. The molecule has 7 nitrogen and oxygen atoms in total. The van der Waals surface area contributed by atoms with Crippen molar-refractivity contribution in [3.63, 3.8) is 0 Å². The number of methoxy groups -OCH3 is 1. The Morgan fingerprint density at radius 2 is 2.00 bits per heavy atom. The Labute approximate surface area is 159 Å². The molecule has 0 aliphatic carbocycles. The van der Waals surface area contributed by atoms with Gasteiger partial charge in [0.05, 0.1) is 13.0 Å². The summed E-state index contributed by atoms with van der Waals surface area (Å²) in [5.41, 5.74) is 2.27. The standard InChI is InChI=1S/C19H27N3O2.CH2O2/c1-21-14-15(17-5-3-4-6-18(17)21)13-19(23)20-16-7-9-22(10-8-16)11-12-24-2;2-1-3/h3-6,14,16H,7-13H2,1-2H3,(H,20,23);1H,(H,2,3). The molecular weight excluding hydrogens is 346 g/mol. The van der Waals surface area contributed by atoms with Crippen LogP contribution in [0.15, 0.2) is 30.5 Å². The van der Waals surface area contributed by atoms with Gasteiger partial charge in [-0.15, -0.1) is 0 Å². The lowest BCUT2D eigenvalue weighted by Crippen LogP contribution is -2.45. The van der Waals surface area contributed by atoms with Crippen molar-refractivity contribution >= 4 is 23.3 Å². The minimum absolute atomic E-state index is 0.127. The maximum atomic E-state index is 12.4. The minimum atomic E-state index is -0.250. The predicted molar refractivity (Wildman–Crippen MR) is 105 cm³/mol. The number of hydrogen-bond acceptors (Lipinski definition) is 4. The highest BCUT2D eigenvalue weighted by Crippen LogP contribution is 2.21. The van der Waals surface area contributed by atoms with Crippen LogP contribution in [0.1, 0.15) is 18.4 Å². The third-order valence-electron chi connectivity index (χ3n) is 4.89. The van der Waals surface area contributed by atoms with Crippen molar-refractivity contribution in [3.05, 3.63) is 36.0 Å². The maximum Gasteiger partial charge on any atom is 0.290 e. The molecule has 0 atom stereocenters. The predicted octanol–water partition coefficient (Wildman–Crippen LogP) is 1.65. The van der Waals surface area contributed by atoms with Gasteiger partial charge in [0.1, 0.15) is 0 Å². The molecule has 2 N–H and O–H groups in total. The van der Waals surface area contributed by atoms with Gasteiger partial charge in [-0.25, -0.2) is 0 Å². The molecule has 0 radical (unpaired) electrons. The Morgan fingerprint density at radius 1 is 1.33 bits per heavy atom. The topological polar surface area (TPSA) is 83.8 Å². The molecule has 1 amide bonds. The molecular formula is C20H29N3O4. The lowest BCUT2D eigenvalue weighted by molar-refractivity contribution is -0.123. The second kappa shape index (κ2) is 10.7. The third kappa shape index (κ3) is 6.08. The van der Waals surface area contributed by atoms with E-state index in [9.17, 15) is 4.79 Å². The minimum Gasteiger partial charge on any atom is -0.483 e. The van der Waals surface area contributed by atoms with Crippen LogP contribution in [0.3, 0.4) is 0 Å². The molecule has 2 aromatic rings. The number of carbonyl (C=O) groups is 2. The summed E-state index contributed by atoms with van der Waals surface area (Å²) in [6.07, 6.45) is 4.55. The molecule has 27 heavy (non-hydrogen) atoms. The van der Waals surface area contributed by atoms with Gasteiger partial charge in [-0.05, 0) is 24.5 Å². The van der Waals surface area contributed by atoms with Crippen molar-refractivity contribution < 1.29 is 19.4 Å². The van der Waals surface area contributed by atoms with Crippen molar-refractivity contribution in [2.45, 2.75) is 25.3 Å². The molecule has 3 rings (SSSR count). The second-order valence-corrected chi connectivity index (χ2v) is 6.74. The fraction of sp³-hybridized carbons (Fsp3) is 0.500. The fourth-order valence-electron chi connectivity index (χ4n) is 3.54. The number of ether oxygens (including phenoxy) is 1. The molecule has 7 heteroatoms. The first-order valence-corrected chi connectivity index (χ1v) is 9.20. The van der Waals surface area contributed by atoms with E-state index in [-0.39, 0.29) is 12.4 Å². The molecule has 1 aliphatic rings. The molecule has 1 saturated heterocycles. The molecule has 0 unspecified atom stereocenters. The molecule has 0 saturated carbocycles. The first kappa shape index (κ1) is 20.9. The number of carboxylic acid groups (broad SMARTS) is 1. The van der Waals surface area contributed by atoms with Crippen LogP contribution in [0.2, 0.25) is 0 Å². The fourth-order valence-corrected chi connectivity index (χ4v) is 3.54. The summed E-state index contributed by atoms with van der Waals surface area (Å²) < 4.78 is 7.22. The molecule has 1 aromatic heterocycles. The van der Waals surface area contributed by atoms with Crippen molar-refractivity contribution in [1.82, 2.24) is 14.8 Å². The number of amides is 1. The van der Waals surface area contributed by atoms with Gasteiger partial charge in [-0.1, -0.05) is 18.2 Å². The van der Waals surface area contributed by atoms with E-state index in [0.29, 0.717) is 12.5 Å². The number of nitrogens with zero attached hydrogens (tertiary/aromatic N) is 2. The van der Waals surface area contributed by atoms with E-state index in [2.05, 4.69) is 33.1 Å². The number of rotatable bonds is 6. The lowest BCUT2D eigenvalue weighted by atomic mass is 10.0. The number of para-hydroxylation sites is 1. The highest BCUT2D eigenvalue weighted by molar-refractivity contribution is 5.89. The van der Waals surface area contributed by atoms with E-state index in [1.165, 1.54) is 10.9 Å². The number of aryl methyl sites for hydroxylation is 1. The van der Waals surface area contributed by atoms with E-state index < -0.39 is 0 Å². The van der Waals surface area contributed by atoms with Gasteiger partial charge >= 0.3 is 0 Å². The zero-order valence-electron chi connectivity index (χ0n) is 16.1. The van der Waals surface area contributed by atoms with Crippen LogP contribution >= 0.6 is 0 Å². The number of aromatic nitrogens is 1. The second-order valence-electron chi connectivity index (χ2n) is 6.74. The molecule has 1 aliphatic heterocycles. The summed E-state index contributed by atoms with van der Waals surface area (Å²) >= 11 is 0. The Hall–Kier alpha value is -2.38. The van der Waals surface area contributed by atoms with Gasteiger partial charge in [0.2, 0.25) is 5.91 Å². The van der Waals surface area contributed by atoms with Gasteiger partial charge < -0.3 is 24.6 Å². The summed E-state index contributed by atoms with van der Waals surface area (Å²) in [6.45, 7) is 3.57. The Bertz CT molecular complexity index is 736. The molecule has 148 valence electrons. The van der Waals surface area contributed by atoms with Gasteiger partial charge in [0, 0.05) is 56.9 Å². The third-order valence-corrected chi connectivity index (χ3v) is 4.89. The summed E-state index contributed by atoms with van der Waals surface area (Å²) in [4.78, 5) is 23.2. The van der Waals surface area contributed by atoms with Gasteiger partial charge in [-0.3, -0.25) is 9.59 Å². The van der Waals surface area contributed by atoms with Crippen LogP contribution in [0, 0.1) is 0 Å². The van der Waals surface area contributed by atoms with Crippen molar-refractivity contribution in [1.29, 1.82) is 0 Å². The Balaban J connectivity index is 0.000000817. The number of fused-ring (bicyclic) bond motifs is 1. The first-order valence-electron chi connectivity index (χ1n) is 9.20. The normalized spacial score (nSPS) is 15.2. The van der Waals surface area contributed by atoms with Crippen LogP contribution < -0.4 is 5.32 Å². The smallest absolute Gasteiger partial charge is 0.290 e. The summed E-state index contributed by atoms with van der Waals surface area (Å²) in [5.74, 6) is 0.127. The van der Waals surface area contributed by atoms with Crippen LogP contribution in [-0.4, -0.2) is 66.3 Å². The van der Waals surface area contributed by atoms with E-state index in [1.54, 1.807) is 7.11 Å². The maximum absolute atomic E-state index is 12.4. The number of likely N-dealkylation sites (tertiary alicyclic amines) is 1. The Kier molecular flexibility index (Phi) is 8.29. The summed E-state index contributed by atoms with van der Waals surface area (Å²) in [5, 5.41) is 11.3. The zero-order chi connectivity index (χ0) is 19.6. The van der Waals surface area contributed by atoms with Gasteiger partial charge in [-0.2, -0.15) is 0 Å². The van der Waals surface area contributed by atoms with Gasteiger partial charge in [0.15, 0.2) is 0 Å².